The second-order valence-electron chi connectivity index (χ2n) is 5.26. The van der Waals surface area contributed by atoms with Crippen LogP contribution >= 0.6 is 12.2 Å². The maximum absolute atomic E-state index is 12.1. The van der Waals surface area contributed by atoms with Gasteiger partial charge in [-0.15, -0.1) is 0 Å². The first kappa shape index (κ1) is 16.4. The Morgan fingerprint density at radius 1 is 1.48 bits per heavy atom. The Kier molecular flexibility index (Phi) is 5.69. The average molecular weight is 328 g/mol. The Labute approximate surface area is 130 Å². The Bertz CT molecular complexity index is 596. The van der Waals surface area contributed by atoms with E-state index in [1.807, 2.05) is 0 Å². The molecule has 116 valence electrons. The normalized spacial score (nSPS) is 19.3. The predicted octanol–water partition coefficient (Wildman–Crippen LogP) is 1.17. The van der Waals surface area contributed by atoms with Crippen molar-refractivity contribution >= 4 is 27.2 Å². The summed E-state index contributed by atoms with van der Waals surface area (Å²) < 4.78 is 32.2. The molecule has 7 heteroatoms. The third-order valence-corrected chi connectivity index (χ3v) is 4.97. The van der Waals surface area contributed by atoms with Crippen LogP contribution in [0.1, 0.15) is 24.0 Å². The second-order valence-corrected chi connectivity index (χ2v) is 7.50. The molecule has 0 aromatic heterocycles. The van der Waals surface area contributed by atoms with E-state index in [0.29, 0.717) is 24.3 Å². The van der Waals surface area contributed by atoms with Crippen molar-refractivity contribution in [2.75, 3.05) is 19.8 Å². The smallest absolute Gasteiger partial charge is 0.215 e. The van der Waals surface area contributed by atoms with Gasteiger partial charge in [-0.05, 0) is 30.4 Å². The Morgan fingerprint density at radius 2 is 2.29 bits per heavy atom. The Morgan fingerprint density at radius 3 is 2.95 bits per heavy atom. The van der Waals surface area contributed by atoms with Gasteiger partial charge in [0, 0.05) is 18.7 Å². The van der Waals surface area contributed by atoms with Crippen molar-refractivity contribution in [2.24, 2.45) is 11.7 Å². The van der Waals surface area contributed by atoms with Gasteiger partial charge in [0.25, 0.3) is 0 Å². The van der Waals surface area contributed by atoms with Crippen molar-refractivity contribution in [1.29, 1.82) is 0 Å². The lowest BCUT2D eigenvalue weighted by Crippen LogP contribution is -2.34. The molecule has 1 unspecified atom stereocenters. The van der Waals surface area contributed by atoms with E-state index in [2.05, 4.69) is 4.72 Å². The van der Waals surface area contributed by atoms with Gasteiger partial charge >= 0.3 is 0 Å². The number of ether oxygens (including phenoxy) is 1. The van der Waals surface area contributed by atoms with Gasteiger partial charge in [-0.3, -0.25) is 0 Å². The molecule has 1 aliphatic heterocycles. The number of benzene rings is 1. The highest BCUT2D eigenvalue weighted by Gasteiger charge is 2.18. The number of rotatable bonds is 6. The molecule has 1 fully saturated rings. The fraction of sp³-hybridized carbons (Fsp3) is 0.500. The topological polar surface area (TPSA) is 81.4 Å². The second kappa shape index (κ2) is 7.31. The summed E-state index contributed by atoms with van der Waals surface area (Å²) in [6.45, 7) is 1.83. The monoisotopic (exact) mass is 328 g/mol. The predicted molar refractivity (Wildman–Crippen MR) is 86.5 cm³/mol. The lowest BCUT2D eigenvalue weighted by Gasteiger charge is -2.22. The molecule has 2 rings (SSSR count). The minimum Gasteiger partial charge on any atom is -0.389 e. The zero-order chi connectivity index (χ0) is 15.3. The summed E-state index contributed by atoms with van der Waals surface area (Å²) in [6.07, 6.45) is 1.99. The van der Waals surface area contributed by atoms with Crippen LogP contribution in [0.25, 0.3) is 0 Å². The fourth-order valence-electron chi connectivity index (χ4n) is 2.30. The number of sulfonamides is 1. The number of hydrogen-bond donors (Lipinski definition) is 2. The summed E-state index contributed by atoms with van der Waals surface area (Å²) in [4.78, 5) is 0.265. The molecule has 5 nitrogen and oxygen atoms in total. The number of thiocarbonyl (C=S) groups is 1. The third kappa shape index (κ3) is 5.35. The van der Waals surface area contributed by atoms with Crippen LogP contribution in [0.15, 0.2) is 24.3 Å². The molecule has 1 saturated heterocycles. The highest BCUT2D eigenvalue weighted by atomic mass is 32.2. The van der Waals surface area contributed by atoms with Crippen LogP contribution in [0.2, 0.25) is 0 Å². The zero-order valence-electron chi connectivity index (χ0n) is 11.7. The van der Waals surface area contributed by atoms with Gasteiger partial charge in [0.05, 0.1) is 12.4 Å². The van der Waals surface area contributed by atoms with Gasteiger partial charge in [-0.2, -0.15) is 0 Å². The minimum absolute atomic E-state index is 0.0724. The molecule has 3 N–H and O–H groups in total. The molecule has 1 atom stereocenters. The average Bonchev–Trinajstić information content (AvgIpc) is 2.46. The lowest BCUT2D eigenvalue weighted by molar-refractivity contribution is 0.0568. The first-order valence-electron chi connectivity index (χ1n) is 6.90. The van der Waals surface area contributed by atoms with E-state index in [1.165, 1.54) is 0 Å². The number of nitrogens with one attached hydrogen (secondary N) is 1. The molecule has 1 heterocycles. The summed E-state index contributed by atoms with van der Waals surface area (Å²) in [5, 5.41) is 0. The maximum atomic E-state index is 12.1. The van der Waals surface area contributed by atoms with Crippen LogP contribution in [0.4, 0.5) is 0 Å². The van der Waals surface area contributed by atoms with E-state index in [4.69, 9.17) is 22.7 Å². The van der Waals surface area contributed by atoms with Crippen molar-refractivity contribution in [3.05, 3.63) is 35.4 Å². The van der Waals surface area contributed by atoms with Gasteiger partial charge in [-0.1, -0.05) is 30.4 Å². The molecular weight excluding hydrogens is 308 g/mol. The summed E-state index contributed by atoms with van der Waals surface area (Å²) in [6, 6.07) is 7.00. The van der Waals surface area contributed by atoms with Crippen LogP contribution < -0.4 is 10.5 Å². The zero-order valence-corrected chi connectivity index (χ0v) is 13.4. The van der Waals surface area contributed by atoms with E-state index in [1.54, 1.807) is 24.3 Å². The highest BCUT2D eigenvalue weighted by Crippen LogP contribution is 2.13. The van der Waals surface area contributed by atoms with Crippen LogP contribution in [0.3, 0.4) is 0 Å². The molecule has 0 radical (unpaired) electrons. The van der Waals surface area contributed by atoms with E-state index in [9.17, 15) is 8.42 Å². The minimum atomic E-state index is -3.37. The first-order valence-corrected chi connectivity index (χ1v) is 8.96. The SMILES string of the molecule is NC(=S)c1cccc(CS(=O)(=O)NCC2CCCOC2)c1. The van der Waals surface area contributed by atoms with Gasteiger partial charge in [0.15, 0.2) is 0 Å². The Balaban J connectivity index is 1.93. The van der Waals surface area contributed by atoms with E-state index >= 15 is 0 Å². The van der Waals surface area contributed by atoms with Gasteiger partial charge in [0.2, 0.25) is 10.0 Å². The van der Waals surface area contributed by atoms with Crippen LogP contribution in [-0.2, 0) is 20.5 Å². The summed E-state index contributed by atoms with van der Waals surface area (Å²) >= 11 is 4.90. The molecular formula is C14H20N2O3S2. The molecule has 0 saturated carbocycles. The quantitative estimate of drug-likeness (QED) is 0.766. The number of nitrogens with two attached hydrogens (primary N) is 1. The maximum Gasteiger partial charge on any atom is 0.215 e. The van der Waals surface area contributed by atoms with Crippen LogP contribution in [0, 0.1) is 5.92 Å². The van der Waals surface area contributed by atoms with Crippen LogP contribution in [0.5, 0.6) is 0 Å². The molecule has 0 bridgehead atoms. The largest absolute Gasteiger partial charge is 0.389 e. The van der Waals surface area contributed by atoms with Crippen LogP contribution in [-0.4, -0.2) is 33.2 Å². The van der Waals surface area contributed by atoms with Gasteiger partial charge in [0.1, 0.15) is 4.99 Å². The molecule has 1 aliphatic rings. The molecule has 0 amide bonds. The lowest BCUT2D eigenvalue weighted by atomic mass is 10.0. The van der Waals surface area contributed by atoms with Crippen molar-refractivity contribution in [2.45, 2.75) is 18.6 Å². The summed E-state index contributed by atoms with van der Waals surface area (Å²) in [7, 11) is -3.37. The highest BCUT2D eigenvalue weighted by molar-refractivity contribution is 7.88. The van der Waals surface area contributed by atoms with E-state index in [0.717, 1.165) is 19.4 Å². The first-order chi connectivity index (χ1) is 9.96. The molecule has 1 aromatic rings. The van der Waals surface area contributed by atoms with Crippen molar-refractivity contribution in [3.8, 4) is 0 Å². The van der Waals surface area contributed by atoms with Gasteiger partial charge < -0.3 is 10.5 Å². The molecule has 21 heavy (non-hydrogen) atoms. The van der Waals surface area contributed by atoms with E-state index in [-0.39, 0.29) is 16.7 Å². The Hall–Kier alpha value is -1.02. The van der Waals surface area contributed by atoms with Crippen molar-refractivity contribution < 1.29 is 13.2 Å². The van der Waals surface area contributed by atoms with E-state index < -0.39 is 10.0 Å². The van der Waals surface area contributed by atoms with Gasteiger partial charge in [-0.25, -0.2) is 13.1 Å². The summed E-state index contributed by atoms with van der Waals surface area (Å²) in [5.41, 5.74) is 6.91. The third-order valence-electron chi connectivity index (χ3n) is 3.41. The number of hydrogen-bond acceptors (Lipinski definition) is 4. The van der Waals surface area contributed by atoms with Crippen molar-refractivity contribution in [3.63, 3.8) is 0 Å². The molecule has 0 aliphatic carbocycles. The summed E-state index contributed by atoms with van der Waals surface area (Å²) in [5.74, 6) is 0.188. The fourth-order valence-corrected chi connectivity index (χ4v) is 3.64. The van der Waals surface area contributed by atoms with Crippen molar-refractivity contribution in [1.82, 2.24) is 4.72 Å². The molecule has 0 spiro atoms. The molecule has 1 aromatic carbocycles. The standard InChI is InChI=1S/C14H20N2O3S2/c15-14(20)13-5-1-3-11(7-13)10-21(17,18)16-8-12-4-2-6-19-9-12/h1,3,5,7,12,16H,2,4,6,8-10H2,(H2,15,20).